The zero-order chi connectivity index (χ0) is 14.3. The third kappa shape index (κ3) is 12.6. The summed E-state index contributed by atoms with van der Waals surface area (Å²) >= 11 is 0. The van der Waals surface area contributed by atoms with E-state index in [0.29, 0.717) is 39.3 Å². The highest BCUT2D eigenvalue weighted by molar-refractivity contribution is 5.81. The highest BCUT2D eigenvalue weighted by Crippen LogP contribution is 1.90. The topological polar surface area (TPSA) is 71.1 Å². The number of rotatable bonds is 12. The number of hydrogen-bond donors (Lipinski definition) is 0. The van der Waals surface area contributed by atoms with Crippen LogP contribution in [0.2, 0.25) is 0 Å². The van der Waals surface area contributed by atoms with Gasteiger partial charge in [-0.3, -0.25) is 0 Å². The first kappa shape index (κ1) is 17.3. The van der Waals surface area contributed by atoms with Crippen molar-refractivity contribution in [1.29, 1.82) is 0 Å². The summed E-state index contributed by atoms with van der Waals surface area (Å²) in [6.45, 7) is 8.18. The van der Waals surface area contributed by atoms with Crippen molar-refractivity contribution in [3.8, 4) is 0 Å². The fraction of sp³-hybridized carbons (Fsp3) is 0.538. The quantitative estimate of drug-likeness (QED) is 0.230. The van der Waals surface area contributed by atoms with Crippen LogP contribution in [0, 0.1) is 0 Å². The second-order valence-electron chi connectivity index (χ2n) is 3.38. The Balaban J connectivity index is 3.10. The van der Waals surface area contributed by atoms with Gasteiger partial charge in [0.25, 0.3) is 0 Å². The Morgan fingerprint density at radius 3 is 1.58 bits per heavy atom. The van der Waals surface area contributed by atoms with E-state index in [2.05, 4.69) is 13.2 Å². The summed E-state index contributed by atoms with van der Waals surface area (Å²) in [4.78, 5) is 21.3. The highest BCUT2D eigenvalue weighted by Gasteiger charge is 1.96. The molecule has 0 saturated carbocycles. The monoisotopic (exact) mass is 272 g/mol. The van der Waals surface area contributed by atoms with E-state index >= 15 is 0 Å². The first-order chi connectivity index (χ1) is 9.20. The van der Waals surface area contributed by atoms with Crippen LogP contribution in [0.15, 0.2) is 25.3 Å². The van der Waals surface area contributed by atoms with Crippen LogP contribution in [-0.4, -0.2) is 45.2 Å². The van der Waals surface area contributed by atoms with Gasteiger partial charge in [0.1, 0.15) is 6.79 Å². The molecule has 108 valence electrons. The van der Waals surface area contributed by atoms with Crippen LogP contribution in [0.3, 0.4) is 0 Å². The largest absolute Gasteiger partial charge is 0.462 e. The lowest BCUT2D eigenvalue weighted by atomic mass is 10.5. The van der Waals surface area contributed by atoms with Crippen LogP contribution in [0.1, 0.15) is 12.8 Å². The fourth-order valence-electron chi connectivity index (χ4n) is 0.962. The van der Waals surface area contributed by atoms with Gasteiger partial charge in [-0.05, 0) is 0 Å². The van der Waals surface area contributed by atoms with E-state index in [4.69, 9.17) is 18.9 Å². The van der Waals surface area contributed by atoms with Crippen LogP contribution in [0.5, 0.6) is 0 Å². The molecule has 0 fully saturated rings. The molecule has 0 atom stereocenters. The summed E-state index contributed by atoms with van der Waals surface area (Å²) in [5.41, 5.74) is 0. The van der Waals surface area contributed by atoms with E-state index in [1.165, 1.54) is 0 Å². The van der Waals surface area contributed by atoms with Crippen molar-refractivity contribution in [2.45, 2.75) is 12.8 Å². The normalized spacial score (nSPS) is 9.68. The zero-order valence-electron chi connectivity index (χ0n) is 11.0. The van der Waals surface area contributed by atoms with Crippen molar-refractivity contribution in [2.24, 2.45) is 0 Å². The van der Waals surface area contributed by atoms with E-state index in [1.54, 1.807) is 0 Å². The summed E-state index contributed by atoms with van der Waals surface area (Å²) < 4.78 is 19.8. The van der Waals surface area contributed by atoms with E-state index in [0.717, 1.165) is 12.2 Å². The first-order valence-electron chi connectivity index (χ1n) is 5.94. The fourth-order valence-corrected chi connectivity index (χ4v) is 0.962. The van der Waals surface area contributed by atoms with Crippen LogP contribution in [0.25, 0.3) is 0 Å². The molecule has 0 aromatic carbocycles. The second-order valence-corrected chi connectivity index (χ2v) is 3.38. The molecule has 0 bridgehead atoms. The maximum absolute atomic E-state index is 10.7. The molecule has 0 radical (unpaired) electrons. The first-order valence-corrected chi connectivity index (χ1v) is 5.94. The van der Waals surface area contributed by atoms with Crippen LogP contribution < -0.4 is 0 Å². The molecule has 6 nitrogen and oxygen atoms in total. The number of ether oxygens (including phenoxy) is 4. The molecular weight excluding hydrogens is 252 g/mol. The summed E-state index contributed by atoms with van der Waals surface area (Å²) in [6.07, 6.45) is 3.42. The molecule has 0 amide bonds. The van der Waals surface area contributed by atoms with Crippen molar-refractivity contribution < 1.29 is 28.5 Å². The van der Waals surface area contributed by atoms with Crippen LogP contribution >= 0.6 is 0 Å². The van der Waals surface area contributed by atoms with Gasteiger partial charge in [0.2, 0.25) is 0 Å². The minimum absolute atomic E-state index is 0.158. The minimum Gasteiger partial charge on any atom is -0.462 e. The van der Waals surface area contributed by atoms with E-state index in [1.807, 2.05) is 0 Å². The van der Waals surface area contributed by atoms with Gasteiger partial charge in [0, 0.05) is 25.0 Å². The molecule has 0 aromatic heterocycles. The number of hydrogen-bond acceptors (Lipinski definition) is 6. The molecule has 0 aliphatic rings. The van der Waals surface area contributed by atoms with Gasteiger partial charge in [0.15, 0.2) is 0 Å². The third-order valence-electron chi connectivity index (χ3n) is 1.85. The Morgan fingerprint density at radius 2 is 1.21 bits per heavy atom. The summed E-state index contributed by atoms with van der Waals surface area (Å²) in [6, 6.07) is 0. The number of carbonyl (C=O) groups is 2. The number of carbonyl (C=O) groups excluding carboxylic acids is 2. The van der Waals surface area contributed by atoms with E-state index in [9.17, 15) is 9.59 Å². The summed E-state index contributed by atoms with van der Waals surface area (Å²) in [5, 5.41) is 0. The van der Waals surface area contributed by atoms with E-state index < -0.39 is 11.9 Å². The van der Waals surface area contributed by atoms with Crippen molar-refractivity contribution in [3.05, 3.63) is 25.3 Å². The van der Waals surface area contributed by atoms with Crippen molar-refractivity contribution in [3.63, 3.8) is 0 Å². The molecule has 19 heavy (non-hydrogen) atoms. The molecule has 0 aromatic rings. The van der Waals surface area contributed by atoms with Crippen molar-refractivity contribution >= 4 is 11.9 Å². The van der Waals surface area contributed by atoms with Crippen LogP contribution in [-0.2, 0) is 28.5 Å². The SMILES string of the molecule is C=CC(=O)OCCCOCOCCCOC(=O)C=C. The predicted molar refractivity (Wildman–Crippen MR) is 68.3 cm³/mol. The smallest absolute Gasteiger partial charge is 0.330 e. The highest BCUT2D eigenvalue weighted by atomic mass is 16.7. The molecule has 0 rings (SSSR count). The molecule has 0 saturated heterocycles. The Bertz CT molecular complexity index is 259. The van der Waals surface area contributed by atoms with Crippen LogP contribution in [0.4, 0.5) is 0 Å². The predicted octanol–water partition coefficient (Wildman–Crippen LogP) is 1.22. The van der Waals surface area contributed by atoms with Gasteiger partial charge in [-0.15, -0.1) is 0 Å². The molecule has 6 heteroatoms. The maximum Gasteiger partial charge on any atom is 0.330 e. The lowest BCUT2D eigenvalue weighted by Gasteiger charge is -2.06. The molecule has 0 unspecified atom stereocenters. The minimum atomic E-state index is -0.440. The third-order valence-corrected chi connectivity index (χ3v) is 1.85. The van der Waals surface area contributed by atoms with Gasteiger partial charge in [-0.25, -0.2) is 9.59 Å². The standard InChI is InChI=1S/C13H20O6/c1-3-12(14)18-9-5-7-16-11-17-8-6-10-19-13(15)4-2/h3-4H,1-2,5-11H2. The Kier molecular flexibility index (Phi) is 11.7. The maximum atomic E-state index is 10.7. The average molecular weight is 272 g/mol. The molecule has 0 spiro atoms. The molecule has 0 aliphatic carbocycles. The Morgan fingerprint density at radius 1 is 0.789 bits per heavy atom. The van der Waals surface area contributed by atoms with Gasteiger partial charge < -0.3 is 18.9 Å². The lowest BCUT2D eigenvalue weighted by molar-refractivity contribution is -0.138. The van der Waals surface area contributed by atoms with Gasteiger partial charge in [-0.2, -0.15) is 0 Å². The van der Waals surface area contributed by atoms with Gasteiger partial charge in [-0.1, -0.05) is 13.2 Å². The summed E-state index contributed by atoms with van der Waals surface area (Å²) in [7, 11) is 0. The second kappa shape index (κ2) is 12.8. The molecule has 0 heterocycles. The Hall–Kier alpha value is -1.66. The van der Waals surface area contributed by atoms with Crippen molar-refractivity contribution in [1.82, 2.24) is 0 Å². The average Bonchev–Trinajstić information content (AvgIpc) is 2.43. The molecule has 0 N–H and O–H groups in total. The van der Waals surface area contributed by atoms with Gasteiger partial charge in [0.05, 0.1) is 26.4 Å². The summed E-state index contributed by atoms with van der Waals surface area (Å²) in [5.74, 6) is -0.879. The zero-order valence-corrected chi connectivity index (χ0v) is 11.0. The lowest BCUT2D eigenvalue weighted by Crippen LogP contribution is -2.09. The van der Waals surface area contributed by atoms with E-state index in [-0.39, 0.29) is 6.79 Å². The number of esters is 2. The van der Waals surface area contributed by atoms with Gasteiger partial charge >= 0.3 is 11.9 Å². The molecule has 0 aliphatic heterocycles. The van der Waals surface area contributed by atoms with Crippen molar-refractivity contribution in [2.75, 3.05) is 33.2 Å². The molecular formula is C13H20O6. The Labute approximate surface area is 113 Å².